The molecule has 136 valence electrons. The summed E-state index contributed by atoms with van der Waals surface area (Å²) in [6.07, 6.45) is 2.83. The van der Waals surface area contributed by atoms with E-state index in [0.717, 1.165) is 12.8 Å². The van der Waals surface area contributed by atoms with E-state index in [9.17, 15) is 21.6 Å². The molecule has 0 aromatic rings. The molecule has 0 aromatic carbocycles. The molecule has 0 radical (unpaired) electrons. The van der Waals surface area contributed by atoms with Crippen LogP contribution < -0.4 is 10.6 Å². The number of sulfonamides is 1. The fourth-order valence-corrected chi connectivity index (χ4v) is 3.28. The Morgan fingerprint density at radius 3 is 2.00 bits per heavy atom. The predicted molar refractivity (Wildman–Crippen MR) is 92.3 cm³/mol. The molecule has 0 unspecified atom stereocenters. The van der Waals surface area contributed by atoms with Crippen LogP contribution in [-0.2, 0) is 10.0 Å². The Balaban J connectivity index is 0.00000264. The molecule has 0 bridgehead atoms. The lowest BCUT2D eigenvalue weighted by Crippen LogP contribution is -2.52. The molecule has 2 aliphatic rings. The molecule has 2 rings (SSSR count). The maximum Gasteiger partial charge on any atom is 0.511 e. The minimum atomic E-state index is -5.23. The van der Waals surface area contributed by atoms with E-state index in [0.29, 0.717) is 35.7 Å². The molecule has 0 atom stereocenters. The van der Waals surface area contributed by atoms with Crippen LogP contribution >= 0.6 is 24.0 Å². The molecular formula is C12H22F3IN4O2S. The van der Waals surface area contributed by atoms with Crippen LogP contribution in [-0.4, -0.2) is 55.9 Å². The molecule has 1 heterocycles. The van der Waals surface area contributed by atoms with Crippen LogP contribution in [0.25, 0.3) is 0 Å². The summed E-state index contributed by atoms with van der Waals surface area (Å²) >= 11 is 0. The molecule has 1 aliphatic heterocycles. The molecule has 2 N–H and O–H groups in total. The average Bonchev–Trinajstić information content (AvgIpc) is 3.22. The molecule has 1 aliphatic carbocycles. The monoisotopic (exact) mass is 470 g/mol. The van der Waals surface area contributed by atoms with Crippen molar-refractivity contribution in [3.8, 4) is 0 Å². The fourth-order valence-electron chi connectivity index (χ4n) is 2.29. The van der Waals surface area contributed by atoms with Crippen LogP contribution in [0, 0.1) is 0 Å². The van der Waals surface area contributed by atoms with E-state index in [-0.39, 0.29) is 43.1 Å². The highest BCUT2D eigenvalue weighted by Crippen LogP contribution is 2.29. The summed E-state index contributed by atoms with van der Waals surface area (Å²) in [5.74, 6) is 0.655. The van der Waals surface area contributed by atoms with Gasteiger partial charge in [-0.3, -0.25) is 4.99 Å². The van der Waals surface area contributed by atoms with Gasteiger partial charge in [0.2, 0.25) is 0 Å². The molecule has 11 heteroatoms. The fraction of sp³-hybridized carbons (Fsp3) is 0.917. The highest BCUT2D eigenvalue weighted by Gasteiger charge is 2.50. The highest BCUT2D eigenvalue weighted by atomic mass is 127. The van der Waals surface area contributed by atoms with Gasteiger partial charge in [0.15, 0.2) is 5.96 Å². The normalized spacial score (nSPS) is 21.7. The van der Waals surface area contributed by atoms with E-state index in [2.05, 4.69) is 15.6 Å². The lowest BCUT2D eigenvalue weighted by atomic mass is 10.1. The van der Waals surface area contributed by atoms with Gasteiger partial charge in [-0.1, -0.05) is 0 Å². The third-order valence-electron chi connectivity index (χ3n) is 3.66. The first-order chi connectivity index (χ1) is 10.2. The number of nitrogens with zero attached hydrogens (tertiary/aromatic N) is 2. The highest BCUT2D eigenvalue weighted by molar-refractivity contribution is 14.0. The number of alkyl halides is 3. The first-order valence-electron chi connectivity index (χ1n) is 7.38. The van der Waals surface area contributed by atoms with Crippen molar-refractivity contribution in [1.82, 2.24) is 14.9 Å². The lowest BCUT2D eigenvalue weighted by Gasteiger charge is -2.32. The minimum absolute atomic E-state index is 0. The molecule has 1 saturated carbocycles. The number of guanidine groups is 1. The number of hydrogen-bond acceptors (Lipinski definition) is 3. The second-order valence-electron chi connectivity index (χ2n) is 5.51. The first kappa shape index (κ1) is 20.7. The van der Waals surface area contributed by atoms with Crippen molar-refractivity contribution in [2.24, 2.45) is 4.99 Å². The first-order valence-corrected chi connectivity index (χ1v) is 8.82. The van der Waals surface area contributed by atoms with Gasteiger partial charge >= 0.3 is 15.5 Å². The lowest BCUT2D eigenvalue weighted by molar-refractivity contribution is -0.0494. The summed E-state index contributed by atoms with van der Waals surface area (Å²) in [6, 6.07) is 0.347. The van der Waals surface area contributed by atoms with E-state index < -0.39 is 15.5 Å². The van der Waals surface area contributed by atoms with Crippen LogP contribution in [0.2, 0.25) is 0 Å². The number of hydrogen-bond donors (Lipinski definition) is 2. The minimum Gasteiger partial charge on any atom is -0.354 e. The summed E-state index contributed by atoms with van der Waals surface area (Å²) in [5.41, 5.74) is -5.23. The molecule has 6 nitrogen and oxygen atoms in total. The number of rotatable bonds is 4. The summed E-state index contributed by atoms with van der Waals surface area (Å²) < 4.78 is 60.7. The van der Waals surface area contributed by atoms with Gasteiger partial charge in [0, 0.05) is 31.7 Å². The largest absolute Gasteiger partial charge is 0.511 e. The second-order valence-corrected chi connectivity index (χ2v) is 7.44. The molecule has 2 fully saturated rings. The topological polar surface area (TPSA) is 73.8 Å². The molecule has 1 saturated heterocycles. The van der Waals surface area contributed by atoms with E-state index >= 15 is 0 Å². The second kappa shape index (κ2) is 8.19. The maximum atomic E-state index is 12.5. The third kappa shape index (κ3) is 5.62. The van der Waals surface area contributed by atoms with Crippen molar-refractivity contribution in [2.75, 3.05) is 19.6 Å². The predicted octanol–water partition coefficient (Wildman–Crippen LogP) is 1.64. The van der Waals surface area contributed by atoms with Crippen LogP contribution in [0.15, 0.2) is 4.99 Å². The van der Waals surface area contributed by atoms with Crippen molar-refractivity contribution in [2.45, 2.75) is 50.2 Å². The van der Waals surface area contributed by atoms with Gasteiger partial charge in [0.25, 0.3) is 0 Å². The van der Waals surface area contributed by atoms with Crippen molar-refractivity contribution in [1.29, 1.82) is 0 Å². The Morgan fingerprint density at radius 1 is 1.13 bits per heavy atom. The summed E-state index contributed by atoms with van der Waals surface area (Å²) in [5, 5.41) is 6.41. The smallest absolute Gasteiger partial charge is 0.354 e. The Morgan fingerprint density at radius 2 is 1.61 bits per heavy atom. The number of halogens is 4. The van der Waals surface area contributed by atoms with Gasteiger partial charge in [-0.05, 0) is 32.6 Å². The molecule has 0 spiro atoms. The average molecular weight is 470 g/mol. The van der Waals surface area contributed by atoms with Gasteiger partial charge in [0.1, 0.15) is 0 Å². The van der Waals surface area contributed by atoms with Crippen molar-refractivity contribution in [3.05, 3.63) is 0 Å². The van der Waals surface area contributed by atoms with Crippen molar-refractivity contribution >= 4 is 40.0 Å². The Hall–Kier alpha value is -0.300. The Bertz CT molecular complexity index is 515. The van der Waals surface area contributed by atoms with Gasteiger partial charge in [-0.25, -0.2) is 8.42 Å². The van der Waals surface area contributed by atoms with E-state index in [1.54, 1.807) is 0 Å². The Kier molecular flexibility index (Phi) is 7.38. The zero-order valence-electron chi connectivity index (χ0n) is 12.8. The van der Waals surface area contributed by atoms with Gasteiger partial charge in [0.05, 0.1) is 0 Å². The van der Waals surface area contributed by atoms with Crippen molar-refractivity contribution < 1.29 is 21.6 Å². The standard InChI is InChI=1S/C12H21F3N4O2S.HI/c1-2-16-11(17-9-3-4-9)18-10-5-7-19(8-6-10)22(20,21)12(13,14)15;/h9-10H,2-8H2,1H3,(H2,16,17,18);1H. The third-order valence-corrected chi connectivity index (χ3v) is 5.29. The SMILES string of the molecule is CCN=C(NC1CC1)NC1CCN(S(=O)(=O)C(F)(F)F)CC1.I. The summed E-state index contributed by atoms with van der Waals surface area (Å²) in [7, 11) is -5.21. The summed E-state index contributed by atoms with van der Waals surface area (Å²) in [6.45, 7) is 2.23. The number of aliphatic imine (C=N–C) groups is 1. The van der Waals surface area contributed by atoms with Crippen LogP contribution in [0.1, 0.15) is 32.6 Å². The Labute approximate surface area is 151 Å². The van der Waals surface area contributed by atoms with E-state index in [1.165, 1.54) is 0 Å². The molecule has 0 amide bonds. The summed E-state index contributed by atoms with van der Waals surface area (Å²) in [4.78, 5) is 4.29. The van der Waals surface area contributed by atoms with Crippen molar-refractivity contribution in [3.63, 3.8) is 0 Å². The molecule has 0 aromatic heterocycles. The maximum absolute atomic E-state index is 12.5. The molecule has 23 heavy (non-hydrogen) atoms. The zero-order chi connectivity index (χ0) is 16.4. The van der Waals surface area contributed by atoms with Crippen LogP contribution in [0.4, 0.5) is 13.2 Å². The molecular weight excluding hydrogens is 448 g/mol. The van der Waals surface area contributed by atoms with Gasteiger partial charge < -0.3 is 10.6 Å². The van der Waals surface area contributed by atoms with Crippen LogP contribution in [0.3, 0.4) is 0 Å². The van der Waals surface area contributed by atoms with Crippen LogP contribution in [0.5, 0.6) is 0 Å². The van der Waals surface area contributed by atoms with Gasteiger partial charge in [-0.15, -0.1) is 24.0 Å². The van der Waals surface area contributed by atoms with E-state index in [4.69, 9.17) is 0 Å². The zero-order valence-corrected chi connectivity index (χ0v) is 15.9. The quantitative estimate of drug-likeness (QED) is 0.373. The number of piperidine rings is 1. The number of nitrogens with one attached hydrogen (secondary N) is 2. The van der Waals surface area contributed by atoms with E-state index in [1.807, 2.05) is 6.92 Å². The van der Waals surface area contributed by atoms with Gasteiger partial charge in [-0.2, -0.15) is 17.5 Å².